The van der Waals surface area contributed by atoms with E-state index in [4.69, 9.17) is 9.47 Å². The minimum Gasteiger partial charge on any atom is -0.454 e. The lowest BCUT2D eigenvalue weighted by Gasteiger charge is -2.31. The summed E-state index contributed by atoms with van der Waals surface area (Å²) in [5, 5.41) is 0. The van der Waals surface area contributed by atoms with Crippen LogP contribution < -0.4 is 0 Å². The summed E-state index contributed by atoms with van der Waals surface area (Å²) >= 11 is 0. The lowest BCUT2D eigenvalue weighted by Crippen LogP contribution is -2.47. The Morgan fingerprint density at radius 2 is 1.85 bits per heavy atom. The van der Waals surface area contributed by atoms with Gasteiger partial charge in [-0.3, -0.25) is 19.3 Å². The first-order chi connectivity index (χ1) is 12.4. The average Bonchev–Trinajstić information content (AvgIpc) is 2.90. The van der Waals surface area contributed by atoms with Gasteiger partial charge in [-0.1, -0.05) is 12.1 Å². The number of fused-ring (bicyclic) bond motifs is 1. The zero-order valence-electron chi connectivity index (χ0n) is 14.6. The molecular formula is C18H20N2O6. The monoisotopic (exact) mass is 360 g/mol. The first kappa shape index (κ1) is 18.1. The summed E-state index contributed by atoms with van der Waals surface area (Å²) in [5.41, 5.74) is 0.520. The van der Waals surface area contributed by atoms with E-state index in [1.807, 2.05) is 6.92 Å². The Labute approximate surface area is 150 Å². The molecule has 8 heteroatoms. The molecule has 1 saturated heterocycles. The lowest BCUT2D eigenvalue weighted by molar-refractivity contribution is -0.157. The summed E-state index contributed by atoms with van der Waals surface area (Å²) in [4.78, 5) is 51.6. The van der Waals surface area contributed by atoms with Crippen LogP contribution in [0, 0.1) is 0 Å². The van der Waals surface area contributed by atoms with E-state index in [-0.39, 0.29) is 23.1 Å². The molecule has 2 aliphatic rings. The zero-order chi connectivity index (χ0) is 18.8. The van der Waals surface area contributed by atoms with Crippen LogP contribution in [0.25, 0.3) is 0 Å². The van der Waals surface area contributed by atoms with Crippen molar-refractivity contribution < 1.29 is 28.7 Å². The van der Waals surface area contributed by atoms with Crippen molar-refractivity contribution in [3.05, 3.63) is 35.4 Å². The van der Waals surface area contributed by atoms with Crippen LogP contribution in [0.4, 0.5) is 0 Å². The van der Waals surface area contributed by atoms with E-state index < -0.39 is 30.4 Å². The molecule has 0 bridgehead atoms. The van der Waals surface area contributed by atoms with Gasteiger partial charge in [-0.2, -0.15) is 0 Å². The van der Waals surface area contributed by atoms with Crippen molar-refractivity contribution in [2.45, 2.75) is 26.0 Å². The van der Waals surface area contributed by atoms with Gasteiger partial charge in [0, 0.05) is 13.1 Å². The Bertz CT molecular complexity index is 727. The SMILES string of the molecule is CC1CN(C(=O)COC(=O)C(C)N2C(=O)c3ccccc3C2=O)CCO1. The number of rotatable bonds is 4. The number of morpholine rings is 1. The van der Waals surface area contributed by atoms with E-state index >= 15 is 0 Å². The normalized spacial score (nSPS) is 20.8. The van der Waals surface area contributed by atoms with E-state index in [0.29, 0.717) is 19.7 Å². The predicted molar refractivity (Wildman–Crippen MR) is 89.4 cm³/mol. The molecule has 3 rings (SSSR count). The number of carbonyl (C=O) groups excluding carboxylic acids is 4. The number of carbonyl (C=O) groups is 4. The van der Waals surface area contributed by atoms with Crippen LogP contribution in [0.3, 0.4) is 0 Å². The zero-order valence-corrected chi connectivity index (χ0v) is 14.6. The smallest absolute Gasteiger partial charge is 0.329 e. The van der Waals surface area contributed by atoms with E-state index in [0.717, 1.165) is 4.90 Å². The van der Waals surface area contributed by atoms with Gasteiger partial charge in [-0.05, 0) is 26.0 Å². The van der Waals surface area contributed by atoms with Crippen molar-refractivity contribution in [3.63, 3.8) is 0 Å². The van der Waals surface area contributed by atoms with Gasteiger partial charge in [-0.15, -0.1) is 0 Å². The standard InChI is InChI=1S/C18H20N2O6/c1-11-9-19(7-8-25-11)15(21)10-26-18(24)12(2)20-16(22)13-5-3-4-6-14(13)17(20)23/h3-6,11-12H,7-10H2,1-2H3. The van der Waals surface area contributed by atoms with Crippen molar-refractivity contribution in [1.82, 2.24) is 9.80 Å². The van der Waals surface area contributed by atoms with Gasteiger partial charge < -0.3 is 14.4 Å². The highest BCUT2D eigenvalue weighted by molar-refractivity contribution is 6.22. The first-order valence-corrected chi connectivity index (χ1v) is 8.43. The fourth-order valence-electron chi connectivity index (χ4n) is 3.05. The fourth-order valence-corrected chi connectivity index (χ4v) is 3.05. The van der Waals surface area contributed by atoms with E-state index in [9.17, 15) is 19.2 Å². The molecule has 8 nitrogen and oxygen atoms in total. The minimum atomic E-state index is -1.11. The van der Waals surface area contributed by atoms with Gasteiger partial charge in [0.05, 0.1) is 23.8 Å². The quantitative estimate of drug-likeness (QED) is 0.572. The molecular weight excluding hydrogens is 340 g/mol. The summed E-state index contributed by atoms with van der Waals surface area (Å²) < 4.78 is 10.4. The number of benzene rings is 1. The summed E-state index contributed by atoms with van der Waals surface area (Å²) in [7, 11) is 0. The summed E-state index contributed by atoms with van der Waals surface area (Å²) in [6.07, 6.45) is -0.0688. The third-order valence-electron chi connectivity index (χ3n) is 4.49. The molecule has 0 spiro atoms. The maximum absolute atomic E-state index is 12.4. The van der Waals surface area contributed by atoms with Crippen LogP contribution in [0.1, 0.15) is 34.6 Å². The van der Waals surface area contributed by atoms with Gasteiger partial charge >= 0.3 is 5.97 Å². The van der Waals surface area contributed by atoms with Gasteiger partial charge in [0.2, 0.25) is 0 Å². The second-order valence-electron chi connectivity index (χ2n) is 6.33. The number of ether oxygens (including phenoxy) is 2. The topological polar surface area (TPSA) is 93.2 Å². The third kappa shape index (κ3) is 3.32. The molecule has 0 saturated carbocycles. The van der Waals surface area contributed by atoms with Crippen molar-refractivity contribution in [3.8, 4) is 0 Å². The van der Waals surface area contributed by atoms with Crippen LogP contribution in [-0.2, 0) is 19.1 Å². The van der Waals surface area contributed by atoms with E-state index in [1.54, 1.807) is 17.0 Å². The molecule has 0 aromatic heterocycles. The summed E-state index contributed by atoms with van der Waals surface area (Å²) in [5.74, 6) is -2.20. The van der Waals surface area contributed by atoms with Crippen LogP contribution in [0.15, 0.2) is 24.3 Å². The molecule has 26 heavy (non-hydrogen) atoms. The Morgan fingerprint density at radius 1 is 1.23 bits per heavy atom. The van der Waals surface area contributed by atoms with Crippen LogP contribution in [-0.4, -0.2) is 71.9 Å². The molecule has 0 N–H and O–H groups in total. The molecule has 1 aromatic rings. The Kier molecular flexibility index (Phi) is 5.03. The molecule has 3 amide bonds. The predicted octanol–water partition coefficient (Wildman–Crippen LogP) is 0.462. The average molecular weight is 360 g/mol. The Hall–Kier alpha value is -2.74. The number of amides is 3. The van der Waals surface area contributed by atoms with Crippen molar-refractivity contribution in [2.24, 2.45) is 0 Å². The maximum atomic E-state index is 12.4. The number of esters is 1. The number of hydrogen-bond donors (Lipinski definition) is 0. The molecule has 138 valence electrons. The number of hydrogen-bond acceptors (Lipinski definition) is 6. The van der Waals surface area contributed by atoms with Crippen LogP contribution in [0.2, 0.25) is 0 Å². The largest absolute Gasteiger partial charge is 0.454 e. The molecule has 0 radical (unpaired) electrons. The molecule has 2 atom stereocenters. The first-order valence-electron chi connectivity index (χ1n) is 8.43. The molecule has 1 fully saturated rings. The van der Waals surface area contributed by atoms with Crippen LogP contribution in [0.5, 0.6) is 0 Å². The highest BCUT2D eigenvalue weighted by Gasteiger charge is 2.41. The van der Waals surface area contributed by atoms with Crippen LogP contribution >= 0.6 is 0 Å². The number of nitrogens with zero attached hydrogens (tertiary/aromatic N) is 2. The minimum absolute atomic E-state index is 0.0688. The highest BCUT2D eigenvalue weighted by atomic mass is 16.5. The summed E-state index contributed by atoms with van der Waals surface area (Å²) in [6, 6.07) is 5.27. The van der Waals surface area contributed by atoms with Gasteiger partial charge in [0.1, 0.15) is 6.04 Å². The van der Waals surface area contributed by atoms with Gasteiger partial charge in [0.25, 0.3) is 17.7 Å². The molecule has 0 aliphatic carbocycles. The van der Waals surface area contributed by atoms with E-state index in [2.05, 4.69) is 0 Å². The van der Waals surface area contributed by atoms with Crippen molar-refractivity contribution in [2.75, 3.05) is 26.3 Å². The molecule has 2 unspecified atom stereocenters. The van der Waals surface area contributed by atoms with Gasteiger partial charge in [0.15, 0.2) is 6.61 Å². The fraction of sp³-hybridized carbons (Fsp3) is 0.444. The molecule has 1 aromatic carbocycles. The van der Waals surface area contributed by atoms with Crippen molar-refractivity contribution >= 4 is 23.7 Å². The Balaban J connectivity index is 1.59. The van der Waals surface area contributed by atoms with Gasteiger partial charge in [-0.25, -0.2) is 4.79 Å². The third-order valence-corrected chi connectivity index (χ3v) is 4.49. The lowest BCUT2D eigenvalue weighted by atomic mass is 10.1. The number of imide groups is 1. The maximum Gasteiger partial charge on any atom is 0.329 e. The van der Waals surface area contributed by atoms with E-state index in [1.165, 1.54) is 19.1 Å². The highest BCUT2D eigenvalue weighted by Crippen LogP contribution is 2.24. The molecule has 2 heterocycles. The Morgan fingerprint density at radius 3 is 2.42 bits per heavy atom. The summed E-state index contributed by atoms with van der Waals surface area (Å²) in [6.45, 7) is 4.14. The second-order valence-corrected chi connectivity index (χ2v) is 6.33. The second kappa shape index (κ2) is 7.25. The van der Waals surface area contributed by atoms with Crippen molar-refractivity contribution in [1.29, 1.82) is 0 Å². The molecule has 2 aliphatic heterocycles.